The van der Waals surface area contributed by atoms with Gasteiger partial charge in [-0.25, -0.2) is 0 Å². The van der Waals surface area contributed by atoms with Crippen LogP contribution in [-0.4, -0.2) is 66.2 Å². The largest absolute Gasteiger partial charge is 0.406 e. The summed E-state index contributed by atoms with van der Waals surface area (Å²) in [5.74, 6) is -1.83. The summed E-state index contributed by atoms with van der Waals surface area (Å²) < 4.78 is 36.5. The Morgan fingerprint density at radius 2 is 2.17 bits per heavy atom. The van der Waals surface area contributed by atoms with Crippen LogP contribution in [-0.2, 0) is 9.59 Å². The van der Waals surface area contributed by atoms with E-state index in [4.69, 9.17) is 5.11 Å². The number of likely N-dealkylation sites (N-methyl/N-ethyl adjacent to an activating group) is 1. The lowest BCUT2D eigenvalue weighted by atomic mass is 10.1. The SMILES string of the molecule is CN(CCO)C(=O)C1CC(=O)N(CC(F)(F)F)C1. The van der Waals surface area contributed by atoms with Crippen LogP contribution in [0.4, 0.5) is 13.2 Å². The molecule has 0 aromatic rings. The number of aliphatic hydroxyl groups excluding tert-OH is 1. The first-order valence-electron chi connectivity index (χ1n) is 5.45. The second kappa shape index (κ2) is 5.55. The van der Waals surface area contributed by atoms with Gasteiger partial charge in [0.05, 0.1) is 12.5 Å². The molecular formula is C10H15F3N2O3. The molecule has 0 bridgehead atoms. The zero-order chi connectivity index (χ0) is 13.9. The fourth-order valence-electron chi connectivity index (χ4n) is 1.88. The second-order valence-corrected chi connectivity index (χ2v) is 4.27. The quantitative estimate of drug-likeness (QED) is 0.771. The summed E-state index contributed by atoms with van der Waals surface area (Å²) in [6.07, 6.45) is -4.66. The minimum absolute atomic E-state index is 0.1000. The van der Waals surface area contributed by atoms with Gasteiger partial charge in [0.1, 0.15) is 6.54 Å². The van der Waals surface area contributed by atoms with Gasteiger partial charge in [0.15, 0.2) is 0 Å². The van der Waals surface area contributed by atoms with Crippen molar-refractivity contribution >= 4 is 11.8 Å². The number of alkyl halides is 3. The maximum absolute atomic E-state index is 12.2. The summed E-state index contributed by atoms with van der Waals surface area (Å²) in [6.45, 7) is -1.66. The Morgan fingerprint density at radius 3 is 2.67 bits per heavy atom. The normalized spacial score (nSPS) is 20.4. The zero-order valence-corrected chi connectivity index (χ0v) is 9.90. The van der Waals surface area contributed by atoms with Crippen molar-refractivity contribution in [2.75, 3.05) is 33.3 Å². The van der Waals surface area contributed by atoms with Crippen LogP contribution in [0.15, 0.2) is 0 Å². The van der Waals surface area contributed by atoms with Crippen molar-refractivity contribution in [2.45, 2.75) is 12.6 Å². The number of nitrogens with zero attached hydrogens (tertiary/aromatic N) is 2. The molecule has 104 valence electrons. The molecule has 1 N–H and O–H groups in total. The van der Waals surface area contributed by atoms with Crippen molar-refractivity contribution in [3.63, 3.8) is 0 Å². The van der Waals surface area contributed by atoms with E-state index >= 15 is 0 Å². The average Bonchev–Trinajstić information content (AvgIpc) is 2.57. The Kier molecular flexibility index (Phi) is 4.55. The molecular weight excluding hydrogens is 253 g/mol. The summed E-state index contributed by atoms with van der Waals surface area (Å²) in [6, 6.07) is 0. The number of amides is 2. The highest BCUT2D eigenvalue weighted by atomic mass is 19.4. The van der Waals surface area contributed by atoms with E-state index in [0.29, 0.717) is 4.90 Å². The number of likely N-dealkylation sites (tertiary alicyclic amines) is 1. The molecule has 18 heavy (non-hydrogen) atoms. The monoisotopic (exact) mass is 268 g/mol. The molecule has 8 heteroatoms. The Morgan fingerprint density at radius 1 is 1.56 bits per heavy atom. The van der Waals surface area contributed by atoms with E-state index in [1.54, 1.807) is 0 Å². The van der Waals surface area contributed by atoms with Crippen LogP contribution < -0.4 is 0 Å². The number of hydrogen-bond donors (Lipinski definition) is 1. The van der Waals surface area contributed by atoms with Crippen LogP contribution in [0.2, 0.25) is 0 Å². The van der Waals surface area contributed by atoms with Gasteiger partial charge in [-0.2, -0.15) is 13.2 Å². The van der Waals surface area contributed by atoms with Gasteiger partial charge in [-0.05, 0) is 0 Å². The van der Waals surface area contributed by atoms with E-state index in [0.717, 1.165) is 0 Å². The highest BCUT2D eigenvalue weighted by Crippen LogP contribution is 2.24. The smallest absolute Gasteiger partial charge is 0.395 e. The van der Waals surface area contributed by atoms with Gasteiger partial charge < -0.3 is 14.9 Å². The average molecular weight is 268 g/mol. The number of rotatable bonds is 4. The van der Waals surface area contributed by atoms with Crippen molar-refractivity contribution in [2.24, 2.45) is 5.92 Å². The fraction of sp³-hybridized carbons (Fsp3) is 0.800. The first-order chi connectivity index (χ1) is 8.24. The van der Waals surface area contributed by atoms with Crippen LogP contribution in [0.25, 0.3) is 0 Å². The Balaban J connectivity index is 2.58. The highest BCUT2D eigenvalue weighted by Gasteiger charge is 2.41. The third-order valence-corrected chi connectivity index (χ3v) is 2.75. The Hall–Kier alpha value is -1.31. The van der Waals surface area contributed by atoms with Crippen LogP contribution in [0, 0.1) is 5.92 Å². The molecule has 2 amide bonds. The van der Waals surface area contributed by atoms with Crippen LogP contribution in [0.5, 0.6) is 0 Å². The van der Waals surface area contributed by atoms with Gasteiger partial charge in [-0.3, -0.25) is 9.59 Å². The van der Waals surface area contributed by atoms with Gasteiger partial charge in [0, 0.05) is 26.6 Å². The summed E-state index contributed by atoms with van der Waals surface area (Å²) in [5.41, 5.74) is 0. The molecule has 0 spiro atoms. The van der Waals surface area contributed by atoms with E-state index in [-0.39, 0.29) is 26.1 Å². The number of hydrogen-bond acceptors (Lipinski definition) is 3. The second-order valence-electron chi connectivity index (χ2n) is 4.27. The number of aliphatic hydroxyl groups is 1. The molecule has 1 heterocycles. The summed E-state index contributed by atoms with van der Waals surface area (Å²) in [7, 11) is 1.44. The van der Waals surface area contributed by atoms with Crippen molar-refractivity contribution in [1.82, 2.24) is 9.80 Å². The fourth-order valence-corrected chi connectivity index (χ4v) is 1.88. The van der Waals surface area contributed by atoms with Crippen LogP contribution >= 0.6 is 0 Å². The van der Waals surface area contributed by atoms with Gasteiger partial charge in [0.25, 0.3) is 0 Å². The molecule has 1 aliphatic rings. The summed E-state index contributed by atoms with van der Waals surface area (Å²) in [5, 5.41) is 8.67. The standard InChI is InChI=1S/C10H15F3N2O3/c1-14(2-3-16)9(18)7-4-8(17)15(5-7)6-10(11,12)13/h7,16H,2-6H2,1H3. The van der Waals surface area contributed by atoms with E-state index in [9.17, 15) is 22.8 Å². The number of carbonyl (C=O) groups excluding carboxylic acids is 2. The topological polar surface area (TPSA) is 60.9 Å². The highest BCUT2D eigenvalue weighted by molar-refractivity contribution is 5.89. The predicted octanol–water partition coefficient (Wildman–Crippen LogP) is -0.152. The molecule has 1 rings (SSSR count). The van der Waals surface area contributed by atoms with Gasteiger partial charge in [0.2, 0.25) is 11.8 Å². The maximum atomic E-state index is 12.2. The zero-order valence-electron chi connectivity index (χ0n) is 9.90. The lowest BCUT2D eigenvalue weighted by Gasteiger charge is -2.21. The molecule has 1 saturated heterocycles. The first kappa shape index (κ1) is 14.7. The number of carbonyl (C=O) groups is 2. The third-order valence-electron chi connectivity index (χ3n) is 2.75. The minimum atomic E-state index is -4.45. The molecule has 0 aromatic carbocycles. The summed E-state index contributed by atoms with van der Waals surface area (Å²) in [4.78, 5) is 25.0. The molecule has 1 fully saturated rings. The molecule has 0 aromatic heterocycles. The van der Waals surface area contributed by atoms with Crippen LogP contribution in [0.3, 0.4) is 0 Å². The van der Waals surface area contributed by atoms with E-state index in [1.807, 2.05) is 0 Å². The van der Waals surface area contributed by atoms with E-state index < -0.39 is 30.5 Å². The molecule has 1 unspecified atom stereocenters. The summed E-state index contributed by atoms with van der Waals surface area (Å²) >= 11 is 0. The van der Waals surface area contributed by atoms with Gasteiger partial charge in [-0.15, -0.1) is 0 Å². The number of halogens is 3. The molecule has 0 saturated carbocycles. The first-order valence-corrected chi connectivity index (χ1v) is 5.45. The van der Waals surface area contributed by atoms with E-state index in [2.05, 4.69) is 0 Å². The molecule has 1 aliphatic heterocycles. The van der Waals surface area contributed by atoms with Gasteiger partial charge >= 0.3 is 6.18 Å². The maximum Gasteiger partial charge on any atom is 0.406 e. The van der Waals surface area contributed by atoms with Crippen molar-refractivity contribution in [3.8, 4) is 0 Å². The van der Waals surface area contributed by atoms with E-state index in [1.165, 1.54) is 11.9 Å². The lowest BCUT2D eigenvalue weighted by Crippen LogP contribution is -2.38. The van der Waals surface area contributed by atoms with Crippen molar-refractivity contribution in [3.05, 3.63) is 0 Å². The molecule has 0 aliphatic carbocycles. The Labute approximate surface area is 102 Å². The lowest BCUT2D eigenvalue weighted by molar-refractivity contribution is -0.157. The predicted molar refractivity (Wildman–Crippen MR) is 55.5 cm³/mol. The van der Waals surface area contributed by atoms with Crippen molar-refractivity contribution in [1.29, 1.82) is 0 Å². The third kappa shape index (κ3) is 3.86. The van der Waals surface area contributed by atoms with Crippen molar-refractivity contribution < 1.29 is 27.9 Å². The molecule has 1 atom stereocenters. The van der Waals surface area contributed by atoms with Crippen LogP contribution in [0.1, 0.15) is 6.42 Å². The molecule has 0 radical (unpaired) electrons. The molecule has 5 nitrogen and oxygen atoms in total. The Bertz CT molecular complexity index is 333. The van der Waals surface area contributed by atoms with Gasteiger partial charge in [-0.1, -0.05) is 0 Å². The minimum Gasteiger partial charge on any atom is -0.395 e.